The van der Waals surface area contributed by atoms with E-state index >= 15 is 0 Å². The summed E-state index contributed by atoms with van der Waals surface area (Å²) in [5.41, 5.74) is 4.61. The van der Waals surface area contributed by atoms with Gasteiger partial charge in [0.15, 0.2) is 0 Å². The lowest BCUT2D eigenvalue weighted by molar-refractivity contribution is 0.102. The Labute approximate surface area is 162 Å². The number of hydrogen-bond donors (Lipinski definition) is 1. The van der Waals surface area contributed by atoms with Gasteiger partial charge in [-0.3, -0.25) is 4.79 Å². The molecule has 0 aliphatic carbocycles. The van der Waals surface area contributed by atoms with E-state index in [-0.39, 0.29) is 5.91 Å². The summed E-state index contributed by atoms with van der Waals surface area (Å²) in [4.78, 5) is 21.6. The zero-order chi connectivity index (χ0) is 19.2. The number of piperidine rings is 1. The molecule has 3 rings (SSSR count). The van der Waals surface area contributed by atoms with Crippen LogP contribution in [-0.2, 0) is 0 Å². The molecule has 0 atom stereocenters. The molecule has 0 unspecified atom stereocenters. The first-order valence-electron chi connectivity index (χ1n) is 10.00. The van der Waals surface area contributed by atoms with Crippen molar-refractivity contribution in [3.05, 3.63) is 47.8 Å². The molecule has 5 heteroatoms. The largest absolute Gasteiger partial charge is 0.372 e. The first-order valence-corrected chi connectivity index (χ1v) is 10.00. The summed E-state index contributed by atoms with van der Waals surface area (Å²) in [6.45, 7) is 10.4. The van der Waals surface area contributed by atoms with Crippen LogP contribution in [0.15, 0.2) is 36.5 Å². The second-order valence-electron chi connectivity index (χ2n) is 7.07. The van der Waals surface area contributed by atoms with E-state index in [1.165, 1.54) is 24.9 Å². The van der Waals surface area contributed by atoms with Crippen LogP contribution in [0.3, 0.4) is 0 Å². The molecule has 1 aromatic heterocycles. The van der Waals surface area contributed by atoms with E-state index in [1.54, 1.807) is 0 Å². The average Bonchev–Trinajstić information content (AvgIpc) is 2.71. The summed E-state index contributed by atoms with van der Waals surface area (Å²) in [5.74, 6) is -0.168. The number of carbonyl (C=O) groups excluding carboxylic acids is 1. The Balaban J connectivity index is 1.68. The molecule has 1 amide bonds. The number of hydrogen-bond acceptors (Lipinski definition) is 4. The average molecular weight is 367 g/mol. The van der Waals surface area contributed by atoms with Gasteiger partial charge in [0.25, 0.3) is 5.91 Å². The van der Waals surface area contributed by atoms with E-state index in [4.69, 9.17) is 0 Å². The molecule has 1 aromatic carbocycles. The number of carbonyl (C=O) groups is 1. The number of nitrogens with zero attached hydrogens (tertiary/aromatic N) is 3. The van der Waals surface area contributed by atoms with Gasteiger partial charge in [0.1, 0.15) is 5.69 Å². The fourth-order valence-corrected chi connectivity index (χ4v) is 3.62. The van der Waals surface area contributed by atoms with Gasteiger partial charge in [-0.05, 0) is 75.9 Å². The fraction of sp³-hybridized carbons (Fsp3) is 0.455. The number of benzene rings is 1. The SMILES string of the molecule is CCN(CC)c1ccc(NC(=O)c2ccc(N3CCCCC3)cn2)c(C)c1. The maximum absolute atomic E-state index is 12.6. The van der Waals surface area contributed by atoms with Crippen molar-refractivity contribution >= 4 is 23.0 Å². The molecule has 1 fully saturated rings. The minimum absolute atomic E-state index is 0.168. The van der Waals surface area contributed by atoms with Gasteiger partial charge in [0, 0.05) is 37.6 Å². The van der Waals surface area contributed by atoms with Crippen LogP contribution in [0.1, 0.15) is 49.2 Å². The Kier molecular flexibility index (Phi) is 6.32. The van der Waals surface area contributed by atoms with Crippen molar-refractivity contribution in [1.82, 2.24) is 4.98 Å². The van der Waals surface area contributed by atoms with Crippen LogP contribution in [0, 0.1) is 6.92 Å². The molecule has 2 aromatic rings. The van der Waals surface area contributed by atoms with Crippen molar-refractivity contribution in [2.75, 3.05) is 41.3 Å². The zero-order valence-corrected chi connectivity index (χ0v) is 16.7. The summed E-state index contributed by atoms with van der Waals surface area (Å²) in [6.07, 6.45) is 5.57. The lowest BCUT2D eigenvalue weighted by Gasteiger charge is -2.28. The monoisotopic (exact) mass is 366 g/mol. The van der Waals surface area contributed by atoms with E-state index in [0.717, 1.165) is 43.1 Å². The van der Waals surface area contributed by atoms with Crippen LogP contribution in [0.4, 0.5) is 17.1 Å². The lowest BCUT2D eigenvalue weighted by Crippen LogP contribution is -2.29. The molecular formula is C22H30N4O. The molecule has 27 heavy (non-hydrogen) atoms. The van der Waals surface area contributed by atoms with Crippen LogP contribution >= 0.6 is 0 Å². The molecule has 0 spiro atoms. The smallest absolute Gasteiger partial charge is 0.274 e. The Morgan fingerprint density at radius 1 is 1.11 bits per heavy atom. The van der Waals surface area contributed by atoms with E-state index in [9.17, 15) is 4.79 Å². The van der Waals surface area contributed by atoms with Gasteiger partial charge in [-0.25, -0.2) is 4.98 Å². The molecule has 5 nitrogen and oxygen atoms in total. The number of rotatable bonds is 6. The first-order chi connectivity index (χ1) is 13.1. The van der Waals surface area contributed by atoms with Crippen molar-refractivity contribution < 1.29 is 4.79 Å². The third kappa shape index (κ3) is 4.59. The number of anilines is 3. The van der Waals surface area contributed by atoms with Crippen molar-refractivity contribution in [1.29, 1.82) is 0 Å². The van der Waals surface area contributed by atoms with Gasteiger partial charge in [-0.1, -0.05) is 0 Å². The zero-order valence-electron chi connectivity index (χ0n) is 16.7. The van der Waals surface area contributed by atoms with Crippen molar-refractivity contribution in [2.24, 2.45) is 0 Å². The molecule has 1 aliphatic heterocycles. The molecule has 0 saturated carbocycles. The lowest BCUT2D eigenvalue weighted by atomic mass is 10.1. The molecule has 1 aliphatic rings. The Hall–Kier alpha value is -2.56. The number of pyridine rings is 1. The Morgan fingerprint density at radius 2 is 1.85 bits per heavy atom. The Morgan fingerprint density at radius 3 is 2.44 bits per heavy atom. The van der Waals surface area contributed by atoms with E-state index in [2.05, 4.69) is 46.1 Å². The predicted octanol–water partition coefficient (Wildman–Crippen LogP) is 4.48. The summed E-state index contributed by atoms with van der Waals surface area (Å²) >= 11 is 0. The van der Waals surface area contributed by atoms with Crippen molar-refractivity contribution in [3.63, 3.8) is 0 Å². The van der Waals surface area contributed by atoms with Gasteiger partial charge >= 0.3 is 0 Å². The van der Waals surface area contributed by atoms with E-state index < -0.39 is 0 Å². The number of amides is 1. The molecule has 1 N–H and O–H groups in total. The van der Waals surface area contributed by atoms with Crippen LogP contribution in [0.25, 0.3) is 0 Å². The van der Waals surface area contributed by atoms with Gasteiger partial charge in [0.05, 0.1) is 11.9 Å². The predicted molar refractivity (Wildman–Crippen MR) is 113 cm³/mol. The fourth-order valence-electron chi connectivity index (χ4n) is 3.62. The summed E-state index contributed by atoms with van der Waals surface area (Å²) in [5, 5.41) is 2.99. The van der Waals surface area contributed by atoms with Crippen LogP contribution in [-0.4, -0.2) is 37.1 Å². The summed E-state index contributed by atoms with van der Waals surface area (Å²) in [6, 6.07) is 9.98. The first kappa shape index (κ1) is 19.2. The minimum atomic E-state index is -0.168. The summed E-state index contributed by atoms with van der Waals surface area (Å²) in [7, 11) is 0. The highest BCUT2D eigenvalue weighted by Crippen LogP contribution is 2.23. The van der Waals surface area contributed by atoms with Gasteiger partial charge in [0.2, 0.25) is 0 Å². The maximum atomic E-state index is 12.6. The highest BCUT2D eigenvalue weighted by Gasteiger charge is 2.14. The number of aromatic nitrogens is 1. The molecule has 1 saturated heterocycles. The second-order valence-corrected chi connectivity index (χ2v) is 7.07. The van der Waals surface area contributed by atoms with Crippen LogP contribution in [0.5, 0.6) is 0 Å². The third-order valence-electron chi connectivity index (χ3n) is 5.29. The van der Waals surface area contributed by atoms with Crippen molar-refractivity contribution in [2.45, 2.75) is 40.0 Å². The summed E-state index contributed by atoms with van der Waals surface area (Å²) < 4.78 is 0. The number of aryl methyl sites for hydroxylation is 1. The Bertz CT molecular complexity index is 762. The number of nitrogens with one attached hydrogen (secondary N) is 1. The standard InChI is InChI=1S/C22H30N4O/c1-4-25(5-2)18-9-11-20(17(3)15-18)24-22(27)21-12-10-19(16-23-21)26-13-7-6-8-14-26/h9-12,15-16H,4-8,13-14H2,1-3H3,(H,24,27). The topological polar surface area (TPSA) is 48.5 Å². The third-order valence-corrected chi connectivity index (χ3v) is 5.29. The molecule has 0 bridgehead atoms. The molecule has 2 heterocycles. The van der Waals surface area contributed by atoms with Crippen LogP contribution < -0.4 is 15.1 Å². The molecule has 0 radical (unpaired) electrons. The molecule has 144 valence electrons. The highest BCUT2D eigenvalue weighted by atomic mass is 16.1. The van der Waals surface area contributed by atoms with E-state index in [1.807, 2.05) is 31.3 Å². The van der Waals surface area contributed by atoms with Gasteiger partial charge in [-0.2, -0.15) is 0 Å². The van der Waals surface area contributed by atoms with Crippen molar-refractivity contribution in [3.8, 4) is 0 Å². The quantitative estimate of drug-likeness (QED) is 0.819. The normalized spacial score (nSPS) is 14.1. The molecular weight excluding hydrogens is 336 g/mol. The van der Waals surface area contributed by atoms with E-state index in [0.29, 0.717) is 5.69 Å². The maximum Gasteiger partial charge on any atom is 0.274 e. The van der Waals surface area contributed by atoms with Crippen LogP contribution in [0.2, 0.25) is 0 Å². The van der Waals surface area contributed by atoms with Gasteiger partial charge in [-0.15, -0.1) is 0 Å². The highest BCUT2D eigenvalue weighted by molar-refractivity contribution is 6.03. The minimum Gasteiger partial charge on any atom is -0.372 e. The van der Waals surface area contributed by atoms with Gasteiger partial charge < -0.3 is 15.1 Å². The second kappa shape index (κ2) is 8.89.